The zero-order valence-corrected chi connectivity index (χ0v) is 8.23. The molecule has 0 unspecified atom stereocenters. The number of hydrogen-bond donors (Lipinski definition) is 1. The van der Waals surface area contributed by atoms with Gasteiger partial charge in [0.1, 0.15) is 0 Å². The number of benzene rings is 1. The number of rotatable bonds is 4. The van der Waals surface area contributed by atoms with E-state index in [4.69, 9.17) is 0 Å². The van der Waals surface area contributed by atoms with Gasteiger partial charge in [0.2, 0.25) is 6.41 Å². The Kier molecular flexibility index (Phi) is 3.58. The van der Waals surface area contributed by atoms with Crippen molar-refractivity contribution in [2.24, 2.45) is 0 Å². The monoisotopic (exact) mass is 193 g/mol. The van der Waals surface area contributed by atoms with Crippen LogP contribution in [0.25, 0.3) is 0 Å². The first-order valence-electron chi connectivity index (χ1n) is 3.86. The van der Waals surface area contributed by atoms with Crippen LogP contribution in [0, 0.1) is 6.92 Å². The molecule has 0 atom stereocenters. The van der Waals surface area contributed by atoms with E-state index in [0.29, 0.717) is 6.41 Å². The Balaban J connectivity index is 2.90. The molecule has 1 rings (SSSR count). The topological polar surface area (TPSA) is 29.1 Å². The maximum atomic E-state index is 10.2. The molecule has 68 valence electrons. The lowest BCUT2D eigenvalue weighted by atomic mass is 10.2. The van der Waals surface area contributed by atoms with Crippen LogP contribution in [0.3, 0.4) is 0 Å². The molecule has 0 aromatic heterocycles. The lowest BCUT2D eigenvalue weighted by Crippen LogP contribution is -1.93. The second kappa shape index (κ2) is 4.72. The van der Waals surface area contributed by atoms with Crippen LogP contribution in [0.2, 0.25) is 0 Å². The lowest BCUT2D eigenvalue weighted by Gasteiger charge is -2.04. The number of carbonyl (C=O) groups excluding carboxylic acids is 1. The van der Waals surface area contributed by atoms with Crippen LogP contribution >= 0.6 is 11.8 Å². The summed E-state index contributed by atoms with van der Waals surface area (Å²) in [4.78, 5) is 11.3. The quantitative estimate of drug-likeness (QED) is 0.588. The molecule has 0 spiro atoms. The lowest BCUT2D eigenvalue weighted by molar-refractivity contribution is -0.105. The molecular weight excluding hydrogens is 182 g/mol. The second-order valence-electron chi connectivity index (χ2n) is 2.53. The fourth-order valence-electron chi connectivity index (χ4n) is 1.03. The van der Waals surface area contributed by atoms with Gasteiger partial charge in [0.25, 0.3) is 0 Å². The van der Waals surface area contributed by atoms with Gasteiger partial charge in [-0.2, -0.15) is 0 Å². The van der Waals surface area contributed by atoms with E-state index >= 15 is 0 Å². The number of aryl methyl sites for hydroxylation is 1. The highest BCUT2D eigenvalue weighted by molar-refractivity contribution is 8.02. The van der Waals surface area contributed by atoms with E-state index in [1.165, 1.54) is 0 Å². The van der Waals surface area contributed by atoms with Gasteiger partial charge in [0.15, 0.2) is 0 Å². The van der Waals surface area contributed by atoms with Crippen molar-refractivity contribution >= 4 is 23.9 Å². The molecule has 0 aliphatic heterocycles. The van der Waals surface area contributed by atoms with Gasteiger partial charge in [-0.15, -0.1) is 0 Å². The molecule has 13 heavy (non-hydrogen) atoms. The number of hydrogen-bond acceptors (Lipinski definition) is 2. The van der Waals surface area contributed by atoms with Crippen LogP contribution in [-0.2, 0) is 4.79 Å². The fourth-order valence-corrected chi connectivity index (χ4v) is 1.60. The van der Waals surface area contributed by atoms with Crippen LogP contribution in [0.1, 0.15) is 5.56 Å². The van der Waals surface area contributed by atoms with Crippen molar-refractivity contribution in [2.45, 2.75) is 11.8 Å². The highest BCUT2D eigenvalue weighted by atomic mass is 32.2. The van der Waals surface area contributed by atoms with Gasteiger partial charge >= 0.3 is 0 Å². The Hall–Kier alpha value is -1.22. The molecule has 0 radical (unpaired) electrons. The maximum Gasteiger partial charge on any atom is 0.211 e. The third-order valence-corrected chi connectivity index (χ3v) is 2.49. The summed E-state index contributed by atoms with van der Waals surface area (Å²) >= 11 is 1.58. The summed E-state index contributed by atoms with van der Waals surface area (Å²) in [5.74, 6) is 0. The van der Waals surface area contributed by atoms with Crippen LogP contribution in [0.5, 0.6) is 0 Å². The minimum atomic E-state index is 0.676. The minimum absolute atomic E-state index is 0.676. The zero-order chi connectivity index (χ0) is 9.68. The van der Waals surface area contributed by atoms with Gasteiger partial charge in [0, 0.05) is 10.6 Å². The smallest absolute Gasteiger partial charge is 0.211 e. The Morgan fingerprint density at radius 1 is 1.54 bits per heavy atom. The SMILES string of the molecule is C=CSc1ccc(NC=O)cc1C. The zero-order valence-electron chi connectivity index (χ0n) is 7.41. The van der Waals surface area contributed by atoms with Crippen molar-refractivity contribution in [1.82, 2.24) is 0 Å². The predicted octanol–water partition coefficient (Wildman–Crippen LogP) is 2.80. The van der Waals surface area contributed by atoms with Crippen LogP contribution in [-0.4, -0.2) is 6.41 Å². The van der Waals surface area contributed by atoms with Gasteiger partial charge in [-0.1, -0.05) is 18.3 Å². The molecular formula is C10H11NOS. The van der Waals surface area contributed by atoms with Crippen molar-refractivity contribution in [3.63, 3.8) is 0 Å². The highest BCUT2D eigenvalue weighted by Crippen LogP contribution is 2.25. The molecule has 0 saturated heterocycles. The van der Waals surface area contributed by atoms with Crippen molar-refractivity contribution in [3.8, 4) is 0 Å². The predicted molar refractivity (Wildman–Crippen MR) is 56.9 cm³/mol. The molecule has 1 N–H and O–H groups in total. The van der Waals surface area contributed by atoms with Crippen LogP contribution in [0.15, 0.2) is 35.1 Å². The van der Waals surface area contributed by atoms with Gasteiger partial charge in [-0.3, -0.25) is 4.79 Å². The van der Waals surface area contributed by atoms with E-state index in [1.54, 1.807) is 17.2 Å². The summed E-state index contributed by atoms with van der Waals surface area (Å²) in [6.45, 7) is 5.65. The van der Waals surface area contributed by atoms with Gasteiger partial charge in [-0.05, 0) is 36.1 Å². The average molecular weight is 193 g/mol. The van der Waals surface area contributed by atoms with E-state index in [9.17, 15) is 4.79 Å². The summed E-state index contributed by atoms with van der Waals surface area (Å²) in [5, 5.41) is 4.39. The first kappa shape index (κ1) is 9.86. The first-order chi connectivity index (χ1) is 6.27. The Morgan fingerprint density at radius 2 is 2.31 bits per heavy atom. The molecule has 3 heteroatoms. The average Bonchev–Trinajstić information content (AvgIpc) is 2.10. The summed E-state index contributed by atoms with van der Waals surface area (Å²) < 4.78 is 0. The normalized spacial score (nSPS) is 9.31. The van der Waals surface area contributed by atoms with Gasteiger partial charge < -0.3 is 5.32 Å². The van der Waals surface area contributed by atoms with Crippen molar-refractivity contribution in [3.05, 3.63) is 35.7 Å². The molecule has 1 aromatic rings. The Labute approximate surface area is 82.0 Å². The van der Waals surface area contributed by atoms with Crippen LogP contribution in [0.4, 0.5) is 5.69 Å². The van der Waals surface area contributed by atoms with Crippen molar-refractivity contribution in [2.75, 3.05) is 5.32 Å². The Bertz CT molecular complexity index is 323. The molecule has 0 aliphatic carbocycles. The number of anilines is 1. The summed E-state index contributed by atoms with van der Waals surface area (Å²) in [6.07, 6.45) is 0.676. The molecule has 0 bridgehead atoms. The largest absolute Gasteiger partial charge is 0.329 e. The Morgan fingerprint density at radius 3 is 2.85 bits per heavy atom. The highest BCUT2D eigenvalue weighted by Gasteiger charge is 1.97. The van der Waals surface area contributed by atoms with Gasteiger partial charge in [0.05, 0.1) is 0 Å². The number of thioether (sulfide) groups is 1. The maximum absolute atomic E-state index is 10.2. The molecule has 0 heterocycles. The summed E-state index contributed by atoms with van der Waals surface area (Å²) in [5.41, 5.74) is 1.96. The summed E-state index contributed by atoms with van der Waals surface area (Å²) in [7, 11) is 0. The number of amides is 1. The van der Waals surface area contributed by atoms with Crippen molar-refractivity contribution < 1.29 is 4.79 Å². The third-order valence-electron chi connectivity index (χ3n) is 1.61. The first-order valence-corrected chi connectivity index (χ1v) is 4.74. The number of carbonyl (C=O) groups is 1. The van der Waals surface area contributed by atoms with Crippen LogP contribution < -0.4 is 5.32 Å². The standard InChI is InChI=1S/C10H11NOS/c1-3-13-10-5-4-9(11-7-12)6-8(10)2/h3-7H,1H2,2H3,(H,11,12). The second-order valence-corrected chi connectivity index (χ2v) is 3.54. The minimum Gasteiger partial charge on any atom is -0.329 e. The van der Waals surface area contributed by atoms with E-state index in [0.717, 1.165) is 16.1 Å². The van der Waals surface area contributed by atoms with Gasteiger partial charge in [-0.25, -0.2) is 0 Å². The third kappa shape index (κ3) is 2.63. The molecule has 0 fully saturated rings. The van der Waals surface area contributed by atoms with E-state index in [2.05, 4.69) is 11.9 Å². The fraction of sp³-hybridized carbons (Fsp3) is 0.100. The van der Waals surface area contributed by atoms with E-state index in [-0.39, 0.29) is 0 Å². The molecule has 1 aromatic carbocycles. The summed E-state index contributed by atoms with van der Waals surface area (Å²) in [6, 6.07) is 5.76. The molecule has 0 saturated carbocycles. The molecule has 1 amide bonds. The van der Waals surface area contributed by atoms with Crippen molar-refractivity contribution in [1.29, 1.82) is 0 Å². The molecule has 2 nitrogen and oxygen atoms in total. The molecule has 0 aliphatic rings. The number of nitrogens with one attached hydrogen (secondary N) is 1. The van der Waals surface area contributed by atoms with E-state index in [1.807, 2.05) is 25.1 Å². The van der Waals surface area contributed by atoms with E-state index < -0.39 is 0 Å².